The van der Waals surface area contributed by atoms with Crippen LogP contribution >= 0.6 is 0 Å². The molecule has 0 fully saturated rings. The molecule has 0 amide bonds. The number of hydrogen-bond acceptors (Lipinski definition) is 2. The average Bonchev–Trinajstić information content (AvgIpc) is 2.68. The molecule has 0 aliphatic carbocycles. The fourth-order valence-corrected chi connectivity index (χ4v) is 3.52. The van der Waals surface area contributed by atoms with Gasteiger partial charge >= 0.3 is 0 Å². The first-order valence-electron chi connectivity index (χ1n) is 8.32. The van der Waals surface area contributed by atoms with Crippen molar-refractivity contribution in [3.63, 3.8) is 0 Å². The van der Waals surface area contributed by atoms with Crippen LogP contribution in [0, 0.1) is 11.3 Å². The lowest BCUT2D eigenvalue weighted by molar-refractivity contribution is 0.166. The number of nitriles is 1. The molecule has 0 saturated carbocycles. The predicted octanol–water partition coefficient (Wildman–Crippen LogP) is 5.33. The third kappa shape index (κ3) is 2.65. The Bertz CT molecular complexity index is 1080. The first-order chi connectivity index (χ1) is 12.3. The van der Waals surface area contributed by atoms with Crippen LogP contribution in [0.25, 0.3) is 21.5 Å². The van der Waals surface area contributed by atoms with Crippen molar-refractivity contribution >= 4 is 21.5 Å². The molecule has 4 aromatic rings. The molecule has 0 aliphatic rings. The van der Waals surface area contributed by atoms with Crippen LogP contribution < -0.4 is 0 Å². The lowest BCUT2D eigenvalue weighted by atomic mass is 9.85. The van der Waals surface area contributed by atoms with E-state index in [0.717, 1.165) is 32.7 Å². The minimum atomic E-state index is -0.887. The van der Waals surface area contributed by atoms with E-state index in [1.165, 1.54) is 0 Å². The van der Waals surface area contributed by atoms with Crippen molar-refractivity contribution in [3.8, 4) is 6.07 Å². The maximum atomic E-state index is 11.1. The van der Waals surface area contributed by atoms with Crippen molar-refractivity contribution in [2.24, 2.45) is 0 Å². The Hall–Kier alpha value is -3.15. The minimum absolute atomic E-state index is 0.628. The van der Waals surface area contributed by atoms with Gasteiger partial charge in [0, 0.05) is 0 Å². The number of aliphatic hydroxyl groups is 1. The van der Waals surface area contributed by atoms with E-state index in [1.807, 2.05) is 84.9 Å². The first kappa shape index (κ1) is 15.4. The zero-order valence-electron chi connectivity index (χ0n) is 13.6. The molecule has 0 aromatic heterocycles. The quantitative estimate of drug-likeness (QED) is 0.553. The Morgan fingerprint density at radius 2 is 1.12 bits per heavy atom. The van der Waals surface area contributed by atoms with E-state index in [1.54, 1.807) is 0 Å². The molecule has 2 nitrogen and oxygen atoms in total. The molecule has 0 unspecified atom stereocenters. The van der Waals surface area contributed by atoms with Gasteiger partial charge in [0.15, 0.2) is 0 Å². The summed E-state index contributed by atoms with van der Waals surface area (Å²) in [6, 6.07) is 30.0. The Kier molecular flexibility index (Phi) is 3.93. The summed E-state index contributed by atoms with van der Waals surface area (Å²) in [6.07, 6.45) is -0.887. The Labute approximate surface area is 146 Å². The zero-order valence-corrected chi connectivity index (χ0v) is 13.6. The van der Waals surface area contributed by atoms with E-state index < -0.39 is 12.0 Å². The highest BCUT2D eigenvalue weighted by molar-refractivity contribution is 5.88. The second kappa shape index (κ2) is 6.39. The summed E-state index contributed by atoms with van der Waals surface area (Å²) in [7, 11) is 0. The van der Waals surface area contributed by atoms with Crippen molar-refractivity contribution in [1.82, 2.24) is 0 Å². The number of aliphatic hydroxyl groups excluding tert-OH is 1. The summed E-state index contributed by atoms with van der Waals surface area (Å²) in [5, 5.41) is 25.0. The van der Waals surface area contributed by atoms with Crippen LogP contribution in [0.1, 0.15) is 23.1 Å². The molecular formula is C23H17NO. The molecule has 0 radical (unpaired) electrons. The van der Waals surface area contributed by atoms with E-state index in [9.17, 15) is 10.4 Å². The van der Waals surface area contributed by atoms with Crippen LogP contribution in [0.5, 0.6) is 0 Å². The molecule has 25 heavy (non-hydrogen) atoms. The molecule has 2 atom stereocenters. The topological polar surface area (TPSA) is 44.0 Å². The van der Waals surface area contributed by atoms with E-state index in [4.69, 9.17) is 0 Å². The van der Waals surface area contributed by atoms with Gasteiger partial charge in [0.1, 0.15) is 5.92 Å². The van der Waals surface area contributed by atoms with Gasteiger partial charge in [-0.1, -0.05) is 84.9 Å². The SMILES string of the molecule is N#C[C@H](c1cccc2ccccc12)[C@H](O)c1cccc2ccccc12. The fraction of sp³-hybridized carbons (Fsp3) is 0.0870. The monoisotopic (exact) mass is 323 g/mol. The van der Waals surface area contributed by atoms with E-state index >= 15 is 0 Å². The summed E-state index contributed by atoms with van der Waals surface area (Å²) in [4.78, 5) is 0. The maximum Gasteiger partial charge on any atom is 0.102 e. The van der Waals surface area contributed by atoms with Crippen LogP contribution in [0.4, 0.5) is 0 Å². The van der Waals surface area contributed by atoms with Gasteiger partial charge in [0.2, 0.25) is 0 Å². The third-order valence-corrected chi connectivity index (χ3v) is 4.76. The Balaban J connectivity index is 1.87. The second-order valence-corrected chi connectivity index (χ2v) is 6.19. The summed E-state index contributed by atoms with van der Waals surface area (Å²) in [6.45, 7) is 0. The van der Waals surface area contributed by atoms with Gasteiger partial charge in [-0.25, -0.2) is 0 Å². The van der Waals surface area contributed by atoms with Crippen molar-refractivity contribution in [1.29, 1.82) is 5.26 Å². The van der Waals surface area contributed by atoms with Crippen molar-refractivity contribution in [3.05, 3.63) is 96.1 Å². The highest BCUT2D eigenvalue weighted by atomic mass is 16.3. The van der Waals surface area contributed by atoms with Crippen LogP contribution in [0.2, 0.25) is 0 Å². The van der Waals surface area contributed by atoms with E-state index in [2.05, 4.69) is 6.07 Å². The molecule has 0 saturated heterocycles. The molecule has 0 bridgehead atoms. The standard InChI is InChI=1S/C23H17NO/c24-15-22(20-13-5-9-16-7-1-3-11-18(16)20)23(25)21-14-6-10-17-8-2-4-12-19(17)21/h1-14,22-23,25H/t22-,23-/m1/s1. The zero-order chi connectivity index (χ0) is 17.2. The normalized spacial score (nSPS) is 13.4. The molecule has 4 rings (SSSR count). The fourth-order valence-electron chi connectivity index (χ4n) is 3.52. The molecule has 0 spiro atoms. The molecule has 1 N–H and O–H groups in total. The van der Waals surface area contributed by atoms with E-state index in [0.29, 0.717) is 0 Å². The largest absolute Gasteiger partial charge is 0.387 e. The molecule has 120 valence electrons. The van der Waals surface area contributed by atoms with Gasteiger partial charge in [-0.05, 0) is 32.7 Å². The van der Waals surface area contributed by atoms with Crippen molar-refractivity contribution in [2.75, 3.05) is 0 Å². The maximum absolute atomic E-state index is 11.1. The van der Waals surface area contributed by atoms with Gasteiger partial charge in [-0.3, -0.25) is 0 Å². The van der Waals surface area contributed by atoms with Gasteiger partial charge in [-0.15, -0.1) is 0 Å². The highest BCUT2D eigenvalue weighted by Gasteiger charge is 2.25. The lowest BCUT2D eigenvalue weighted by Crippen LogP contribution is -2.10. The molecule has 2 heteroatoms. The van der Waals surface area contributed by atoms with Gasteiger partial charge in [-0.2, -0.15) is 5.26 Å². The Morgan fingerprint density at radius 3 is 1.72 bits per heavy atom. The predicted molar refractivity (Wildman–Crippen MR) is 101 cm³/mol. The van der Waals surface area contributed by atoms with Crippen LogP contribution in [-0.2, 0) is 0 Å². The number of fused-ring (bicyclic) bond motifs is 2. The summed E-state index contributed by atoms with van der Waals surface area (Å²) >= 11 is 0. The summed E-state index contributed by atoms with van der Waals surface area (Å²) < 4.78 is 0. The molecule has 4 aromatic carbocycles. The van der Waals surface area contributed by atoms with E-state index in [-0.39, 0.29) is 0 Å². The highest BCUT2D eigenvalue weighted by Crippen LogP contribution is 2.37. The number of benzene rings is 4. The second-order valence-electron chi connectivity index (χ2n) is 6.19. The van der Waals surface area contributed by atoms with Gasteiger partial charge < -0.3 is 5.11 Å². The summed E-state index contributed by atoms with van der Waals surface area (Å²) in [5.41, 5.74) is 1.65. The van der Waals surface area contributed by atoms with Crippen LogP contribution in [0.15, 0.2) is 84.9 Å². The number of hydrogen-bond donors (Lipinski definition) is 1. The molecule has 0 aliphatic heterocycles. The number of nitrogens with zero attached hydrogens (tertiary/aromatic N) is 1. The smallest absolute Gasteiger partial charge is 0.102 e. The van der Waals surface area contributed by atoms with Crippen molar-refractivity contribution < 1.29 is 5.11 Å². The third-order valence-electron chi connectivity index (χ3n) is 4.76. The molecular weight excluding hydrogens is 306 g/mol. The minimum Gasteiger partial charge on any atom is -0.387 e. The van der Waals surface area contributed by atoms with Crippen LogP contribution in [0.3, 0.4) is 0 Å². The lowest BCUT2D eigenvalue weighted by Gasteiger charge is -2.20. The Morgan fingerprint density at radius 1 is 0.640 bits per heavy atom. The van der Waals surface area contributed by atoms with Crippen LogP contribution in [-0.4, -0.2) is 5.11 Å². The van der Waals surface area contributed by atoms with Gasteiger partial charge in [0.25, 0.3) is 0 Å². The van der Waals surface area contributed by atoms with Crippen molar-refractivity contribution in [2.45, 2.75) is 12.0 Å². The molecule has 0 heterocycles. The van der Waals surface area contributed by atoms with Gasteiger partial charge in [0.05, 0.1) is 12.2 Å². The average molecular weight is 323 g/mol. The summed E-state index contributed by atoms with van der Waals surface area (Å²) in [5.74, 6) is -0.628. The first-order valence-corrected chi connectivity index (χ1v) is 8.32. The number of rotatable bonds is 3.